The molecule has 0 saturated heterocycles. The van der Waals surface area contributed by atoms with Crippen LogP contribution in [-0.2, 0) is 0 Å². The second kappa shape index (κ2) is 2.94. The molecule has 0 spiro atoms. The topological polar surface area (TPSA) is 0 Å². The molecule has 1 rings (SSSR count). The van der Waals surface area contributed by atoms with E-state index in [1.807, 2.05) is 0 Å². The molecule has 0 heterocycles. The van der Waals surface area contributed by atoms with Crippen molar-refractivity contribution in [1.82, 2.24) is 0 Å². The van der Waals surface area contributed by atoms with Crippen molar-refractivity contribution in [2.24, 2.45) is 5.41 Å². The van der Waals surface area contributed by atoms with Crippen molar-refractivity contribution in [2.75, 3.05) is 0 Å². The summed E-state index contributed by atoms with van der Waals surface area (Å²) in [5, 5.41) is 0. The summed E-state index contributed by atoms with van der Waals surface area (Å²) in [6.07, 6.45) is 7.12. The third-order valence-electron chi connectivity index (χ3n) is 2.52. The smallest absolute Gasteiger partial charge is 0.0187 e. The molecule has 0 amide bonds. The van der Waals surface area contributed by atoms with Crippen molar-refractivity contribution in [3.8, 4) is 0 Å². The summed E-state index contributed by atoms with van der Waals surface area (Å²) in [6, 6.07) is 0. The Morgan fingerprint density at radius 1 is 0.900 bits per heavy atom. The van der Waals surface area contributed by atoms with E-state index in [9.17, 15) is 0 Å². The average molecular weight is 139 g/mol. The molecule has 0 N–H and O–H groups in total. The maximum atomic E-state index is 2.34. The van der Waals surface area contributed by atoms with E-state index in [0.29, 0.717) is 5.41 Å². The van der Waals surface area contributed by atoms with Gasteiger partial charge in [-0.25, -0.2) is 0 Å². The first kappa shape index (κ1) is 8.10. The zero-order valence-corrected chi connectivity index (χ0v) is 7.54. The van der Waals surface area contributed by atoms with Crippen LogP contribution in [0.3, 0.4) is 0 Å². The van der Waals surface area contributed by atoms with E-state index in [0.717, 1.165) is 0 Å². The van der Waals surface area contributed by atoms with E-state index >= 15 is 0 Å². The van der Waals surface area contributed by atoms with Gasteiger partial charge in [0.15, 0.2) is 0 Å². The highest BCUT2D eigenvalue weighted by Crippen LogP contribution is 2.39. The van der Waals surface area contributed by atoms with Crippen LogP contribution >= 0.6 is 0 Å². The Kier molecular flexibility index (Phi) is 2.38. The van der Waals surface area contributed by atoms with Crippen LogP contribution in [0.4, 0.5) is 0 Å². The molecule has 0 aromatic heterocycles. The maximum absolute atomic E-state index is 2.34. The second-order valence-electron chi connectivity index (χ2n) is 4.41. The molecular formula is C10H19. The largest absolute Gasteiger partial charge is 0.0596 e. The molecule has 0 nitrogen and oxygen atoms in total. The first-order valence-electron chi connectivity index (χ1n) is 4.46. The Morgan fingerprint density at radius 2 is 1.40 bits per heavy atom. The molecule has 1 radical (unpaired) electrons. The molecule has 1 aliphatic carbocycles. The summed E-state index contributed by atoms with van der Waals surface area (Å²) in [5.41, 5.74) is 0.487. The third-order valence-corrected chi connectivity index (χ3v) is 2.52. The monoisotopic (exact) mass is 139 g/mol. The van der Waals surface area contributed by atoms with E-state index in [-0.39, 0.29) is 0 Å². The molecule has 0 bridgehead atoms. The number of hydrogen-bond acceptors (Lipinski definition) is 0. The predicted octanol–water partition coefficient (Wildman–Crippen LogP) is 3.57. The standard InChI is InChI=1S/C10H19/c1-10(2,3)9-7-5-4-6-8-9/h4-8H2,1-3H3. The lowest BCUT2D eigenvalue weighted by Gasteiger charge is -2.33. The summed E-state index contributed by atoms with van der Waals surface area (Å²) < 4.78 is 0. The summed E-state index contributed by atoms with van der Waals surface area (Å²) >= 11 is 0. The lowest BCUT2D eigenvalue weighted by molar-refractivity contribution is 0.343. The van der Waals surface area contributed by atoms with Gasteiger partial charge in [0.25, 0.3) is 0 Å². The lowest BCUT2D eigenvalue weighted by atomic mass is 9.72. The molecular weight excluding hydrogens is 120 g/mol. The molecule has 0 aromatic carbocycles. The lowest BCUT2D eigenvalue weighted by Crippen LogP contribution is -2.20. The highest BCUT2D eigenvalue weighted by atomic mass is 14.3. The minimum Gasteiger partial charge on any atom is -0.0596 e. The fourth-order valence-electron chi connectivity index (χ4n) is 1.73. The van der Waals surface area contributed by atoms with Gasteiger partial charge in [0.2, 0.25) is 0 Å². The third kappa shape index (κ3) is 2.00. The Balaban J connectivity index is 2.39. The van der Waals surface area contributed by atoms with Crippen LogP contribution in [0.2, 0.25) is 0 Å². The van der Waals surface area contributed by atoms with E-state index in [1.165, 1.54) is 32.1 Å². The molecule has 10 heavy (non-hydrogen) atoms. The van der Waals surface area contributed by atoms with Crippen LogP contribution in [0.1, 0.15) is 52.9 Å². The van der Waals surface area contributed by atoms with Crippen LogP contribution in [0.25, 0.3) is 0 Å². The minimum atomic E-state index is 0.487. The minimum absolute atomic E-state index is 0.487. The number of hydrogen-bond donors (Lipinski definition) is 0. The van der Waals surface area contributed by atoms with Crippen LogP contribution < -0.4 is 0 Å². The van der Waals surface area contributed by atoms with Crippen LogP contribution in [0.15, 0.2) is 0 Å². The van der Waals surface area contributed by atoms with Crippen molar-refractivity contribution in [2.45, 2.75) is 52.9 Å². The summed E-state index contributed by atoms with van der Waals surface area (Å²) in [4.78, 5) is 0. The number of rotatable bonds is 0. The van der Waals surface area contributed by atoms with Gasteiger partial charge in [0.1, 0.15) is 0 Å². The summed E-state index contributed by atoms with van der Waals surface area (Å²) in [6.45, 7) is 7.02. The van der Waals surface area contributed by atoms with Gasteiger partial charge in [-0.15, -0.1) is 0 Å². The molecule has 1 aliphatic rings. The molecule has 0 unspecified atom stereocenters. The summed E-state index contributed by atoms with van der Waals surface area (Å²) in [5.74, 6) is 1.79. The fourth-order valence-corrected chi connectivity index (χ4v) is 1.73. The molecule has 1 saturated carbocycles. The van der Waals surface area contributed by atoms with Gasteiger partial charge in [-0.3, -0.25) is 0 Å². The van der Waals surface area contributed by atoms with Gasteiger partial charge in [0, 0.05) is 0 Å². The highest BCUT2D eigenvalue weighted by Gasteiger charge is 2.26. The van der Waals surface area contributed by atoms with Crippen molar-refractivity contribution in [3.63, 3.8) is 0 Å². The normalized spacial score (nSPS) is 23.1. The van der Waals surface area contributed by atoms with Gasteiger partial charge < -0.3 is 0 Å². The van der Waals surface area contributed by atoms with Crippen LogP contribution in [0, 0.1) is 11.3 Å². The van der Waals surface area contributed by atoms with E-state index in [4.69, 9.17) is 0 Å². The Morgan fingerprint density at radius 3 is 1.70 bits per heavy atom. The van der Waals surface area contributed by atoms with Gasteiger partial charge in [-0.2, -0.15) is 0 Å². The molecule has 0 aromatic rings. The van der Waals surface area contributed by atoms with Crippen molar-refractivity contribution in [1.29, 1.82) is 0 Å². The van der Waals surface area contributed by atoms with Crippen LogP contribution in [0.5, 0.6) is 0 Å². The summed E-state index contributed by atoms with van der Waals surface area (Å²) in [7, 11) is 0. The van der Waals surface area contributed by atoms with Gasteiger partial charge in [-0.1, -0.05) is 40.0 Å². The molecule has 0 atom stereocenters. The Bertz CT molecular complexity index is 91.1. The van der Waals surface area contributed by atoms with Crippen molar-refractivity contribution < 1.29 is 0 Å². The molecule has 1 fully saturated rings. The van der Waals surface area contributed by atoms with E-state index in [1.54, 1.807) is 5.92 Å². The predicted molar refractivity (Wildman–Crippen MR) is 45.8 cm³/mol. The zero-order chi connectivity index (χ0) is 7.61. The molecule has 59 valence electrons. The van der Waals surface area contributed by atoms with Gasteiger partial charge in [0.05, 0.1) is 0 Å². The zero-order valence-electron chi connectivity index (χ0n) is 7.54. The molecule has 0 aliphatic heterocycles. The van der Waals surface area contributed by atoms with E-state index < -0.39 is 0 Å². The Hall–Kier alpha value is 0. The van der Waals surface area contributed by atoms with Gasteiger partial charge >= 0.3 is 0 Å². The second-order valence-corrected chi connectivity index (χ2v) is 4.41. The SMILES string of the molecule is CC(C)(C)[C]1CCCCC1. The first-order valence-corrected chi connectivity index (χ1v) is 4.46. The van der Waals surface area contributed by atoms with Crippen LogP contribution in [-0.4, -0.2) is 0 Å². The van der Waals surface area contributed by atoms with Gasteiger partial charge in [-0.05, 0) is 24.2 Å². The quantitative estimate of drug-likeness (QED) is 0.481. The Labute approximate surface area is 65.0 Å². The average Bonchev–Trinajstić information content (AvgIpc) is 1.88. The highest BCUT2D eigenvalue weighted by molar-refractivity contribution is 5.01. The molecule has 0 heteroatoms. The maximum Gasteiger partial charge on any atom is -0.0187 e. The van der Waals surface area contributed by atoms with E-state index in [2.05, 4.69) is 20.8 Å². The fraction of sp³-hybridized carbons (Fsp3) is 0.900. The first-order chi connectivity index (χ1) is 4.61. The van der Waals surface area contributed by atoms with Crippen molar-refractivity contribution in [3.05, 3.63) is 5.92 Å². The van der Waals surface area contributed by atoms with Crippen molar-refractivity contribution >= 4 is 0 Å².